The van der Waals surface area contributed by atoms with Gasteiger partial charge in [-0.15, -0.1) is 0 Å². The van der Waals surface area contributed by atoms with E-state index in [-0.39, 0.29) is 11.9 Å². The van der Waals surface area contributed by atoms with E-state index in [9.17, 15) is 4.79 Å². The van der Waals surface area contributed by atoms with E-state index in [1.54, 1.807) is 25.7 Å². The quantitative estimate of drug-likeness (QED) is 0.873. The molecule has 25 heavy (non-hydrogen) atoms. The molecule has 3 rings (SSSR count). The molecule has 0 bridgehead atoms. The predicted octanol–water partition coefficient (Wildman–Crippen LogP) is 2.20. The maximum absolute atomic E-state index is 12.2. The maximum Gasteiger partial charge on any atom is 0.220 e. The molecular weight excluding hydrogens is 316 g/mol. The van der Waals surface area contributed by atoms with Gasteiger partial charge >= 0.3 is 0 Å². The number of carbonyl (C=O) groups excluding carboxylic acids is 1. The fourth-order valence-electron chi connectivity index (χ4n) is 3.14. The van der Waals surface area contributed by atoms with Crippen LogP contribution in [0.5, 0.6) is 5.75 Å². The zero-order chi connectivity index (χ0) is 17.5. The Labute approximate surface area is 148 Å². The second kappa shape index (κ2) is 8.46. The number of hydrogen-bond acceptors (Lipinski definition) is 5. The van der Waals surface area contributed by atoms with E-state index in [0.29, 0.717) is 12.8 Å². The largest absolute Gasteiger partial charge is 0.497 e. The third-order valence-corrected chi connectivity index (χ3v) is 4.43. The molecule has 1 aromatic carbocycles. The highest BCUT2D eigenvalue weighted by Crippen LogP contribution is 2.24. The third kappa shape index (κ3) is 4.92. The number of hydrogen-bond donors (Lipinski definition) is 1. The van der Waals surface area contributed by atoms with E-state index < -0.39 is 0 Å². The molecule has 0 aliphatic carbocycles. The minimum atomic E-state index is 0.0724. The van der Waals surface area contributed by atoms with Gasteiger partial charge in [-0.25, -0.2) is 0 Å². The average molecular weight is 340 g/mol. The monoisotopic (exact) mass is 340 g/mol. The number of methoxy groups -OCH3 is 1. The number of carbonyl (C=O) groups is 1. The first-order valence-electron chi connectivity index (χ1n) is 8.68. The minimum Gasteiger partial charge on any atom is -0.497 e. The highest BCUT2D eigenvalue weighted by molar-refractivity contribution is 5.76. The number of piperidine rings is 1. The van der Waals surface area contributed by atoms with Crippen LogP contribution in [-0.4, -0.2) is 42.1 Å². The lowest BCUT2D eigenvalue weighted by Crippen LogP contribution is -2.47. The van der Waals surface area contributed by atoms with Crippen molar-refractivity contribution in [2.75, 3.05) is 25.1 Å². The summed E-state index contributed by atoms with van der Waals surface area (Å²) < 4.78 is 5.30. The summed E-state index contributed by atoms with van der Waals surface area (Å²) in [5.41, 5.74) is 1.98. The van der Waals surface area contributed by atoms with Crippen molar-refractivity contribution in [3.8, 4) is 5.75 Å². The SMILES string of the molecule is COc1cccc(N2CCCC(NC(=O)CCc3cnccn3)C2)c1. The molecule has 2 aromatic rings. The molecule has 1 aromatic heterocycles. The smallest absolute Gasteiger partial charge is 0.220 e. The van der Waals surface area contributed by atoms with Gasteiger partial charge in [-0.1, -0.05) is 6.07 Å². The normalized spacial score (nSPS) is 17.2. The van der Waals surface area contributed by atoms with Crippen molar-refractivity contribution in [3.63, 3.8) is 0 Å². The van der Waals surface area contributed by atoms with E-state index in [0.717, 1.165) is 43.1 Å². The summed E-state index contributed by atoms with van der Waals surface area (Å²) in [5.74, 6) is 0.927. The Hall–Kier alpha value is -2.63. The molecule has 0 radical (unpaired) electrons. The standard InChI is InChI=1S/C19H24N4O2/c1-25-18-6-2-5-17(12-18)23-11-3-4-16(14-23)22-19(24)8-7-15-13-20-9-10-21-15/h2,5-6,9-10,12-13,16H,3-4,7-8,11,14H2,1H3,(H,22,24). The van der Waals surface area contributed by atoms with Crippen molar-refractivity contribution in [2.24, 2.45) is 0 Å². The van der Waals surface area contributed by atoms with Crippen LogP contribution in [0.2, 0.25) is 0 Å². The molecule has 0 saturated carbocycles. The predicted molar refractivity (Wildman–Crippen MR) is 96.7 cm³/mol. The number of benzene rings is 1. The fourth-order valence-corrected chi connectivity index (χ4v) is 3.14. The van der Waals surface area contributed by atoms with Crippen LogP contribution in [0.15, 0.2) is 42.9 Å². The number of aryl methyl sites for hydroxylation is 1. The Morgan fingerprint density at radius 2 is 2.32 bits per heavy atom. The fraction of sp³-hybridized carbons (Fsp3) is 0.421. The van der Waals surface area contributed by atoms with Gasteiger partial charge in [-0.05, 0) is 31.4 Å². The molecule has 1 aliphatic rings. The molecule has 1 aliphatic heterocycles. The molecule has 1 atom stereocenters. The van der Waals surface area contributed by atoms with E-state index >= 15 is 0 Å². The van der Waals surface area contributed by atoms with Crippen molar-refractivity contribution in [2.45, 2.75) is 31.7 Å². The van der Waals surface area contributed by atoms with Crippen molar-refractivity contribution in [1.82, 2.24) is 15.3 Å². The van der Waals surface area contributed by atoms with Gasteiger partial charge in [-0.2, -0.15) is 0 Å². The van der Waals surface area contributed by atoms with Crippen molar-refractivity contribution >= 4 is 11.6 Å². The molecule has 1 amide bonds. The zero-order valence-corrected chi connectivity index (χ0v) is 14.5. The lowest BCUT2D eigenvalue weighted by molar-refractivity contribution is -0.121. The lowest BCUT2D eigenvalue weighted by atomic mass is 10.0. The topological polar surface area (TPSA) is 67.3 Å². The van der Waals surface area contributed by atoms with Crippen LogP contribution in [0.3, 0.4) is 0 Å². The van der Waals surface area contributed by atoms with Crippen LogP contribution in [0.25, 0.3) is 0 Å². The highest BCUT2D eigenvalue weighted by Gasteiger charge is 2.21. The van der Waals surface area contributed by atoms with Crippen LogP contribution >= 0.6 is 0 Å². The summed E-state index contributed by atoms with van der Waals surface area (Å²) >= 11 is 0. The van der Waals surface area contributed by atoms with Gasteiger partial charge in [0.25, 0.3) is 0 Å². The summed E-state index contributed by atoms with van der Waals surface area (Å²) in [6, 6.07) is 8.24. The number of nitrogens with one attached hydrogen (secondary N) is 1. The molecule has 1 unspecified atom stereocenters. The molecule has 1 fully saturated rings. The Morgan fingerprint density at radius 3 is 3.12 bits per heavy atom. The first-order chi connectivity index (χ1) is 12.2. The first kappa shape index (κ1) is 17.2. The number of ether oxygens (including phenoxy) is 1. The van der Waals surface area contributed by atoms with Crippen LogP contribution in [0.1, 0.15) is 25.0 Å². The second-order valence-electron chi connectivity index (χ2n) is 6.25. The van der Waals surface area contributed by atoms with Crippen LogP contribution < -0.4 is 15.0 Å². The van der Waals surface area contributed by atoms with Crippen molar-refractivity contribution in [3.05, 3.63) is 48.5 Å². The molecule has 6 nitrogen and oxygen atoms in total. The van der Waals surface area contributed by atoms with E-state index in [1.165, 1.54) is 0 Å². The van der Waals surface area contributed by atoms with E-state index in [2.05, 4.69) is 26.3 Å². The van der Waals surface area contributed by atoms with Gasteiger partial charge in [-0.3, -0.25) is 14.8 Å². The number of aromatic nitrogens is 2. The third-order valence-electron chi connectivity index (χ3n) is 4.43. The Balaban J connectivity index is 1.51. The van der Waals surface area contributed by atoms with Crippen molar-refractivity contribution < 1.29 is 9.53 Å². The lowest BCUT2D eigenvalue weighted by Gasteiger charge is -2.35. The summed E-state index contributed by atoms with van der Waals surface area (Å²) in [4.78, 5) is 22.8. The molecule has 0 spiro atoms. The van der Waals surface area contributed by atoms with Gasteiger partial charge in [0.1, 0.15) is 5.75 Å². The van der Waals surface area contributed by atoms with Gasteiger partial charge in [0.2, 0.25) is 5.91 Å². The zero-order valence-electron chi connectivity index (χ0n) is 14.5. The number of rotatable bonds is 6. The van der Waals surface area contributed by atoms with Crippen LogP contribution in [0.4, 0.5) is 5.69 Å². The summed E-state index contributed by atoms with van der Waals surface area (Å²) in [7, 11) is 1.68. The Bertz CT molecular complexity index is 693. The van der Waals surface area contributed by atoms with Crippen molar-refractivity contribution in [1.29, 1.82) is 0 Å². The molecule has 132 valence electrons. The summed E-state index contributed by atoms with van der Waals surface area (Å²) in [5, 5.41) is 3.16. The molecule has 1 saturated heterocycles. The van der Waals surface area contributed by atoms with Crippen LogP contribution in [-0.2, 0) is 11.2 Å². The van der Waals surface area contributed by atoms with Gasteiger partial charge < -0.3 is 15.0 Å². The maximum atomic E-state index is 12.2. The van der Waals surface area contributed by atoms with Crippen LogP contribution in [0, 0.1) is 0 Å². The Morgan fingerprint density at radius 1 is 1.40 bits per heavy atom. The van der Waals surface area contributed by atoms with E-state index in [4.69, 9.17) is 4.74 Å². The first-order valence-corrected chi connectivity index (χ1v) is 8.68. The van der Waals surface area contributed by atoms with E-state index in [1.807, 2.05) is 18.2 Å². The Kier molecular flexibility index (Phi) is 5.82. The number of nitrogens with zero attached hydrogens (tertiary/aromatic N) is 3. The number of anilines is 1. The molecule has 1 N–H and O–H groups in total. The molecule has 6 heteroatoms. The minimum absolute atomic E-state index is 0.0724. The van der Waals surface area contributed by atoms with Gasteiger partial charge in [0, 0.05) is 55.9 Å². The number of amides is 1. The highest BCUT2D eigenvalue weighted by atomic mass is 16.5. The van der Waals surface area contributed by atoms with Gasteiger partial charge in [0.05, 0.1) is 12.8 Å². The molecular formula is C19H24N4O2. The molecule has 2 heterocycles. The van der Waals surface area contributed by atoms with Gasteiger partial charge in [0.15, 0.2) is 0 Å². The summed E-state index contributed by atoms with van der Waals surface area (Å²) in [6.07, 6.45) is 8.13. The second-order valence-corrected chi connectivity index (χ2v) is 6.25. The summed E-state index contributed by atoms with van der Waals surface area (Å²) in [6.45, 7) is 1.82. The average Bonchev–Trinajstić information content (AvgIpc) is 2.67.